The summed E-state index contributed by atoms with van der Waals surface area (Å²) in [5.41, 5.74) is 0.452. The van der Waals surface area contributed by atoms with Crippen molar-refractivity contribution in [2.24, 2.45) is 0 Å². The van der Waals surface area contributed by atoms with Gasteiger partial charge in [-0.3, -0.25) is 4.79 Å². The molecule has 0 unspecified atom stereocenters. The number of carbonyl (C=O) groups excluding carboxylic acids is 1. The van der Waals surface area contributed by atoms with E-state index in [0.29, 0.717) is 42.3 Å². The Hall–Kier alpha value is -1.95. The fourth-order valence-corrected chi connectivity index (χ4v) is 2.31. The Labute approximate surface area is 117 Å². The van der Waals surface area contributed by atoms with Gasteiger partial charge in [-0.25, -0.2) is 0 Å². The molecule has 1 amide bonds. The minimum absolute atomic E-state index is 0.152. The summed E-state index contributed by atoms with van der Waals surface area (Å²) in [5, 5.41) is 9.52. The van der Waals surface area contributed by atoms with Crippen molar-refractivity contribution in [1.82, 2.24) is 4.90 Å². The minimum Gasteiger partial charge on any atom is -0.493 e. The summed E-state index contributed by atoms with van der Waals surface area (Å²) in [6, 6.07) is 3.24. The van der Waals surface area contributed by atoms with E-state index in [1.165, 1.54) is 21.3 Å². The highest BCUT2D eigenvalue weighted by molar-refractivity contribution is 5.95. The van der Waals surface area contributed by atoms with Crippen LogP contribution in [0.5, 0.6) is 17.2 Å². The van der Waals surface area contributed by atoms with Gasteiger partial charge in [-0.05, 0) is 18.6 Å². The van der Waals surface area contributed by atoms with E-state index in [1.54, 1.807) is 17.0 Å². The molecule has 1 heterocycles. The number of rotatable bonds is 4. The summed E-state index contributed by atoms with van der Waals surface area (Å²) in [6.45, 7) is 0.909. The van der Waals surface area contributed by atoms with E-state index >= 15 is 0 Å². The topological polar surface area (TPSA) is 68.2 Å². The van der Waals surface area contributed by atoms with Gasteiger partial charge in [0.25, 0.3) is 5.91 Å². The second kappa shape index (κ2) is 6.00. The quantitative estimate of drug-likeness (QED) is 0.889. The zero-order valence-electron chi connectivity index (χ0n) is 11.9. The molecule has 1 aliphatic heterocycles. The Morgan fingerprint density at radius 1 is 1.20 bits per heavy atom. The first-order chi connectivity index (χ1) is 9.60. The van der Waals surface area contributed by atoms with Crippen LogP contribution in [0.15, 0.2) is 12.1 Å². The Morgan fingerprint density at radius 2 is 1.80 bits per heavy atom. The first-order valence-electron chi connectivity index (χ1n) is 6.38. The van der Waals surface area contributed by atoms with Gasteiger partial charge in [0.2, 0.25) is 5.75 Å². The van der Waals surface area contributed by atoms with Crippen molar-refractivity contribution in [3.63, 3.8) is 0 Å². The highest BCUT2D eigenvalue weighted by Crippen LogP contribution is 2.38. The number of likely N-dealkylation sites (tertiary alicyclic amines) is 1. The van der Waals surface area contributed by atoms with Crippen LogP contribution >= 0.6 is 0 Å². The van der Waals surface area contributed by atoms with E-state index < -0.39 is 6.10 Å². The van der Waals surface area contributed by atoms with Gasteiger partial charge in [-0.1, -0.05) is 0 Å². The Morgan fingerprint density at radius 3 is 2.20 bits per heavy atom. The number of aliphatic hydroxyl groups excluding tert-OH is 1. The maximum Gasteiger partial charge on any atom is 0.254 e. The average Bonchev–Trinajstić information content (AvgIpc) is 2.91. The number of carbonyl (C=O) groups is 1. The summed E-state index contributed by atoms with van der Waals surface area (Å²) in [6.07, 6.45) is 0.164. The fourth-order valence-electron chi connectivity index (χ4n) is 2.31. The maximum absolute atomic E-state index is 12.4. The lowest BCUT2D eigenvalue weighted by Gasteiger charge is -2.18. The van der Waals surface area contributed by atoms with E-state index in [1.807, 2.05) is 0 Å². The predicted octanol–water partition coefficient (Wildman–Crippen LogP) is 0.919. The van der Waals surface area contributed by atoms with Crippen molar-refractivity contribution in [2.75, 3.05) is 34.4 Å². The molecular weight excluding hydrogens is 262 g/mol. The lowest BCUT2D eigenvalue weighted by Crippen LogP contribution is -2.29. The van der Waals surface area contributed by atoms with Crippen molar-refractivity contribution in [1.29, 1.82) is 0 Å². The van der Waals surface area contributed by atoms with Crippen LogP contribution in [-0.4, -0.2) is 56.4 Å². The maximum atomic E-state index is 12.4. The van der Waals surface area contributed by atoms with E-state index in [2.05, 4.69) is 0 Å². The number of benzene rings is 1. The van der Waals surface area contributed by atoms with Crippen LogP contribution in [0.2, 0.25) is 0 Å². The normalized spacial score (nSPS) is 18.0. The minimum atomic E-state index is -0.444. The van der Waals surface area contributed by atoms with Crippen molar-refractivity contribution in [2.45, 2.75) is 12.5 Å². The molecule has 1 aliphatic rings. The van der Waals surface area contributed by atoms with Gasteiger partial charge in [0.1, 0.15) is 0 Å². The van der Waals surface area contributed by atoms with Gasteiger partial charge in [0, 0.05) is 18.7 Å². The van der Waals surface area contributed by atoms with Gasteiger partial charge < -0.3 is 24.2 Å². The first-order valence-corrected chi connectivity index (χ1v) is 6.38. The first kappa shape index (κ1) is 14.5. The van der Waals surface area contributed by atoms with Crippen molar-refractivity contribution in [3.05, 3.63) is 17.7 Å². The number of nitrogens with zero attached hydrogens (tertiary/aromatic N) is 1. The molecule has 1 aromatic carbocycles. The summed E-state index contributed by atoms with van der Waals surface area (Å²) in [4.78, 5) is 14.0. The van der Waals surface area contributed by atoms with Crippen molar-refractivity contribution < 1.29 is 24.1 Å². The summed E-state index contributed by atoms with van der Waals surface area (Å²) >= 11 is 0. The van der Waals surface area contributed by atoms with Gasteiger partial charge in [0.15, 0.2) is 11.5 Å². The Kier molecular flexibility index (Phi) is 4.34. The predicted molar refractivity (Wildman–Crippen MR) is 72.6 cm³/mol. The lowest BCUT2D eigenvalue weighted by atomic mass is 10.1. The molecule has 0 bridgehead atoms. The van der Waals surface area contributed by atoms with Gasteiger partial charge in [-0.2, -0.15) is 0 Å². The smallest absolute Gasteiger partial charge is 0.254 e. The third-order valence-electron chi connectivity index (χ3n) is 3.36. The molecule has 2 rings (SSSR count). The average molecular weight is 281 g/mol. The highest BCUT2D eigenvalue weighted by atomic mass is 16.5. The van der Waals surface area contributed by atoms with E-state index in [-0.39, 0.29) is 5.91 Å². The fraction of sp³-hybridized carbons (Fsp3) is 0.500. The van der Waals surface area contributed by atoms with E-state index in [9.17, 15) is 9.90 Å². The van der Waals surface area contributed by atoms with Crippen LogP contribution in [0.25, 0.3) is 0 Å². The van der Waals surface area contributed by atoms with Crippen LogP contribution in [0.4, 0.5) is 0 Å². The molecular formula is C14H19NO5. The van der Waals surface area contributed by atoms with Gasteiger partial charge in [-0.15, -0.1) is 0 Å². The second-order valence-electron chi connectivity index (χ2n) is 4.61. The zero-order chi connectivity index (χ0) is 14.7. The third-order valence-corrected chi connectivity index (χ3v) is 3.36. The number of hydrogen-bond acceptors (Lipinski definition) is 5. The molecule has 1 N–H and O–H groups in total. The Balaban J connectivity index is 2.34. The van der Waals surface area contributed by atoms with Crippen molar-refractivity contribution in [3.8, 4) is 17.2 Å². The molecule has 1 saturated heterocycles. The van der Waals surface area contributed by atoms with Crippen LogP contribution in [-0.2, 0) is 0 Å². The molecule has 6 nitrogen and oxygen atoms in total. The zero-order valence-corrected chi connectivity index (χ0v) is 11.9. The molecule has 110 valence electrons. The number of hydrogen-bond donors (Lipinski definition) is 1. The van der Waals surface area contributed by atoms with E-state index in [4.69, 9.17) is 14.2 Å². The molecule has 0 aromatic heterocycles. The molecule has 1 fully saturated rings. The SMILES string of the molecule is COc1cc(C(=O)N2CC[C@H](O)C2)cc(OC)c1OC. The summed E-state index contributed by atoms with van der Waals surface area (Å²) in [7, 11) is 4.52. The summed E-state index contributed by atoms with van der Waals surface area (Å²) < 4.78 is 15.7. The number of β-amino-alcohol motifs (C(OH)–C–C–N with tert-alkyl or cyclic N) is 1. The number of amides is 1. The molecule has 0 aliphatic carbocycles. The van der Waals surface area contributed by atoms with E-state index in [0.717, 1.165) is 0 Å². The number of aliphatic hydroxyl groups is 1. The monoisotopic (exact) mass is 281 g/mol. The van der Waals surface area contributed by atoms with Crippen LogP contribution in [0.3, 0.4) is 0 Å². The van der Waals surface area contributed by atoms with Gasteiger partial charge >= 0.3 is 0 Å². The third kappa shape index (κ3) is 2.65. The largest absolute Gasteiger partial charge is 0.493 e. The number of ether oxygens (including phenoxy) is 3. The molecule has 1 atom stereocenters. The summed E-state index contributed by atoms with van der Waals surface area (Å²) in [5.74, 6) is 1.18. The molecule has 1 aromatic rings. The van der Waals surface area contributed by atoms with Crippen LogP contribution in [0.1, 0.15) is 16.8 Å². The van der Waals surface area contributed by atoms with Gasteiger partial charge in [0.05, 0.1) is 27.4 Å². The molecule has 6 heteroatoms. The second-order valence-corrected chi connectivity index (χ2v) is 4.61. The number of methoxy groups -OCH3 is 3. The van der Waals surface area contributed by atoms with Crippen LogP contribution < -0.4 is 14.2 Å². The highest BCUT2D eigenvalue weighted by Gasteiger charge is 2.27. The lowest BCUT2D eigenvalue weighted by molar-refractivity contribution is 0.0764. The molecule has 0 spiro atoms. The van der Waals surface area contributed by atoms with Crippen LogP contribution in [0, 0.1) is 0 Å². The molecule has 0 radical (unpaired) electrons. The molecule has 0 saturated carbocycles. The Bertz CT molecular complexity index is 477. The standard InChI is InChI=1S/C14H19NO5/c1-18-11-6-9(7-12(19-2)13(11)20-3)14(17)15-5-4-10(16)8-15/h6-7,10,16H,4-5,8H2,1-3H3/t10-/m0/s1. The molecule has 20 heavy (non-hydrogen) atoms. The van der Waals surface area contributed by atoms with Crippen molar-refractivity contribution >= 4 is 5.91 Å².